The monoisotopic (exact) mass is 635 g/mol. The summed E-state index contributed by atoms with van der Waals surface area (Å²) < 4.78 is 24.4. The molecule has 0 unspecified atom stereocenters. The van der Waals surface area contributed by atoms with Crippen molar-refractivity contribution in [1.29, 1.82) is 0 Å². The fraction of sp³-hybridized carbons (Fsp3) is 0.323. The Hall–Kier alpha value is -3.18. The number of aromatic nitrogens is 2. The molecule has 0 saturated carbocycles. The van der Waals surface area contributed by atoms with Crippen LogP contribution in [0.5, 0.6) is 0 Å². The molecular formula is C31H31BrFN3O4Si. The van der Waals surface area contributed by atoms with Gasteiger partial charge in [-0.3, -0.25) is 9.59 Å². The van der Waals surface area contributed by atoms with Gasteiger partial charge in [0.05, 0.1) is 35.6 Å². The zero-order chi connectivity index (χ0) is 29.1. The third kappa shape index (κ3) is 4.48. The molecule has 212 valence electrons. The van der Waals surface area contributed by atoms with Gasteiger partial charge in [0.25, 0.3) is 11.5 Å². The van der Waals surface area contributed by atoms with Gasteiger partial charge in [0.2, 0.25) is 8.41 Å². The summed E-state index contributed by atoms with van der Waals surface area (Å²) in [6.45, 7) is 5.34. The quantitative estimate of drug-likeness (QED) is 0.212. The number of ether oxygens (including phenoxy) is 1. The van der Waals surface area contributed by atoms with Crippen molar-refractivity contribution in [3.05, 3.63) is 98.9 Å². The second kappa shape index (κ2) is 10.3. The summed E-state index contributed by atoms with van der Waals surface area (Å²) >= 11 is 3.55. The van der Waals surface area contributed by atoms with Crippen molar-refractivity contribution in [3.8, 4) is 5.69 Å². The maximum Gasteiger partial charge on any atom is 0.279 e. The number of carbonyl (C=O) groups is 1. The predicted molar refractivity (Wildman–Crippen MR) is 162 cm³/mol. The first-order valence-corrected chi connectivity index (χ1v) is 17.5. The van der Waals surface area contributed by atoms with Crippen LogP contribution in [0, 0.1) is 5.92 Å². The molecule has 1 aromatic heterocycles. The number of hydrogen-bond acceptors (Lipinski definition) is 5. The maximum atomic E-state index is 15.7. The number of fused-ring (bicyclic) bond motifs is 3. The smallest absolute Gasteiger partial charge is 0.279 e. The summed E-state index contributed by atoms with van der Waals surface area (Å²) in [5, 5.41) is 15.4. The van der Waals surface area contributed by atoms with E-state index in [1.165, 1.54) is 4.68 Å². The Morgan fingerprint density at radius 1 is 1.10 bits per heavy atom. The van der Waals surface area contributed by atoms with Gasteiger partial charge >= 0.3 is 0 Å². The van der Waals surface area contributed by atoms with Crippen LogP contribution in [0.3, 0.4) is 0 Å². The normalized spacial score (nSPS) is 24.0. The molecule has 1 amide bonds. The average molecular weight is 637 g/mol. The summed E-state index contributed by atoms with van der Waals surface area (Å²) in [7, 11) is -3.25. The number of benzene rings is 3. The molecule has 0 bridgehead atoms. The number of hydrogen-bond donors (Lipinski definition) is 1. The molecule has 0 radical (unpaired) electrons. The van der Waals surface area contributed by atoms with Gasteiger partial charge in [-0.25, -0.2) is 0 Å². The van der Waals surface area contributed by atoms with E-state index in [0.29, 0.717) is 11.1 Å². The lowest BCUT2D eigenvalue weighted by molar-refractivity contribution is -0.146. The van der Waals surface area contributed by atoms with Crippen LogP contribution in [0.15, 0.2) is 82.2 Å². The number of carbonyl (C=O) groups excluding carboxylic acids is 1. The van der Waals surface area contributed by atoms with E-state index in [1.54, 1.807) is 30.3 Å². The average Bonchev–Trinajstić information content (AvgIpc) is 3.36. The third-order valence-electron chi connectivity index (χ3n) is 8.55. The van der Waals surface area contributed by atoms with E-state index in [2.05, 4.69) is 21.0 Å². The molecule has 1 fully saturated rings. The molecule has 3 aromatic carbocycles. The Morgan fingerprint density at radius 3 is 2.54 bits per heavy atom. The van der Waals surface area contributed by atoms with Gasteiger partial charge in [-0.1, -0.05) is 53.2 Å². The van der Waals surface area contributed by atoms with Crippen molar-refractivity contribution in [2.45, 2.75) is 50.2 Å². The molecule has 1 saturated heterocycles. The summed E-state index contributed by atoms with van der Waals surface area (Å²) in [6.07, 6.45) is 1.39. The molecule has 4 atom stereocenters. The molecule has 7 nitrogen and oxygen atoms in total. The van der Waals surface area contributed by atoms with E-state index in [1.807, 2.05) is 67.6 Å². The number of halogens is 2. The predicted octanol–water partition coefficient (Wildman–Crippen LogP) is 5.85. The van der Waals surface area contributed by atoms with Gasteiger partial charge in [-0.2, -0.15) is 9.78 Å². The van der Waals surface area contributed by atoms with E-state index in [-0.39, 0.29) is 31.0 Å². The Morgan fingerprint density at radius 2 is 1.83 bits per heavy atom. The van der Waals surface area contributed by atoms with Crippen molar-refractivity contribution < 1.29 is 18.7 Å². The van der Waals surface area contributed by atoms with Crippen LogP contribution in [0.1, 0.15) is 24.5 Å². The van der Waals surface area contributed by atoms with Crippen LogP contribution < -0.4 is 10.5 Å². The van der Waals surface area contributed by atoms with Crippen molar-refractivity contribution in [1.82, 2.24) is 9.78 Å². The van der Waals surface area contributed by atoms with Gasteiger partial charge in [0, 0.05) is 33.5 Å². The second-order valence-corrected chi connectivity index (χ2v) is 16.2. The summed E-state index contributed by atoms with van der Waals surface area (Å²) in [5.74, 6) is -0.636. The van der Waals surface area contributed by atoms with E-state index < -0.39 is 31.6 Å². The van der Waals surface area contributed by atoms with Crippen molar-refractivity contribution in [2.24, 2.45) is 5.92 Å². The number of aliphatic hydroxyl groups excluding tert-OH is 1. The van der Waals surface area contributed by atoms with Gasteiger partial charge < -0.3 is 18.9 Å². The van der Waals surface area contributed by atoms with Crippen molar-refractivity contribution >= 4 is 46.7 Å². The molecule has 0 aliphatic carbocycles. The van der Waals surface area contributed by atoms with Gasteiger partial charge in [-0.05, 0) is 61.5 Å². The van der Waals surface area contributed by atoms with Crippen LogP contribution >= 0.6 is 15.9 Å². The van der Waals surface area contributed by atoms with Gasteiger partial charge in [0.15, 0.2) is 5.60 Å². The minimum Gasteiger partial charge on any atom is -0.396 e. The second-order valence-electron chi connectivity index (χ2n) is 11.5. The van der Waals surface area contributed by atoms with Crippen LogP contribution in [-0.2, 0) is 21.7 Å². The lowest BCUT2D eigenvalue weighted by atomic mass is 9.82. The van der Waals surface area contributed by atoms with Crippen LogP contribution in [-0.4, -0.2) is 41.9 Å². The van der Waals surface area contributed by atoms with Crippen LogP contribution in [0.4, 0.5) is 9.80 Å². The first kappa shape index (κ1) is 28.0. The van der Waals surface area contributed by atoms with E-state index >= 15 is 4.11 Å². The van der Waals surface area contributed by atoms with E-state index in [0.717, 1.165) is 26.7 Å². The highest BCUT2D eigenvalue weighted by Crippen LogP contribution is 2.60. The first-order valence-electron chi connectivity index (χ1n) is 13.7. The van der Waals surface area contributed by atoms with Crippen LogP contribution in [0.2, 0.25) is 18.6 Å². The zero-order valence-electron chi connectivity index (χ0n) is 23.1. The first-order chi connectivity index (χ1) is 19.6. The third-order valence-corrected chi connectivity index (χ3v) is 11.5. The molecule has 41 heavy (non-hydrogen) atoms. The van der Waals surface area contributed by atoms with E-state index in [4.69, 9.17) is 4.74 Å². The lowest BCUT2D eigenvalue weighted by Crippen LogP contribution is -2.45. The molecule has 4 aromatic rings. The topological polar surface area (TPSA) is 84.7 Å². The van der Waals surface area contributed by atoms with Gasteiger partial charge in [-0.15, -0.1) is 0 Å². The molecule has 1 spiro atoms. The highest BCUT2D eigenvalue weighted by atomic mass is 79.9. The summed E-state index contributed by atoms with van der Waals surface area (Å²) in [5.41, 5.74) is 0.942. The minimum absolute atomic E-state index is 0.140. The molecule has 2 aliphatic rings. The maximum absolute atomic E-state index is 15.7. The Labute approximate surface area is 246 Å². The number of aliphatic hydroxyl groups is 1. The Kier molecular flexibility index (Phi) is 7.00. The SMILES string of the molecule is C[C@H]1[C@H]([Si](C)(C)F)[C@@H](CCO)O[C@]12C(=O)N(Cc1ccc(-n3ncc4ccccc4c3=O)cc1)c1ccc(Br)cc12. The largest absolute Gasteiger partial charge is 0.396 e. The standard InChI is InChI=1S/C31H31BrFN3O4Si/c1-19-28(41(2,3)33)27(14-15-37)40-31(19)25-16-22(32)10-13-26(25)35(30(31)39)18-20-8-11-23(12-9-20)36-29(38)24-7-5-4-6-21(24)17-34-36/h4-13,16-17,19,27-28,37H,14-15,18H2,1-3H3/t19-,27+,28-,31+/m0/s1. The minimum atomic E-state index is -3.25. The number of anilines is 1. The number of amides is 1. The van der Waals surface area contributed by atoms with Crippen molar-refractivity contribution in [2.75, 3.05) is 11.5 Å². The molecule has 2 aliphatic heterocycles. The molecule has 6 rings (SSSR count). The molecular weight excluding hydrogens is 605 g/mol. The number of nitrogens with zero attached hydrogens (tertiary/aromatic N) is 3. The van der Waals surface area contributed by atoms with Crippen molar-refractivity contribution in [3.63, 3.8) is 0 Å². The molecule has 1 N–H and O–H groups in total. The summed E-state index contributed by atoms with van der Waals surface area (Å²) in [6, 6.07) is 20.4. The zero-order valence-corrected chi connectivity index (χ0v) is 25.6. The highest BCUT2D eigenvalue weighted by Gasteiger charge is 2.66. The lowest BCUT2D eigenvalue weighted by Gasteiger charge is -2.31. The highest BCUT2D eigenvalue weighted by molar-refractivity contribution is 9.10. The fourth-order valence-electron chi connectivity index (χ4n) is 6.77. The van der Waals surface area contributed by atoms with E-state index in [9.17, 15) is 14.7 Å². The fourth-order valence-corrected chi connectivity index (χ4v) is 9.68. The molecule has 10 heteroatoms. The van der Waals surface area contributed by atoms with Crippen LogP contribution in [0.25, 0.3) is 16.5 Å². The van der Waals surface area contributed by atoms with Gasteiger partial charge in [0.1, 0.15) is 0 Å². The molecule has 3 heterocycles. The Bertz CT molecular complexity index is 1710. The Balaban J connectivity index is 1.35. The number of rotatable bonds is 6. The summed E-state index contributed by atoms with van der Waals surface area (Å²) in [4.78, 5) is 29.1.